The molecule has 3 nitrogen and oxygen atoms in total. The van der Waals surface area contributed by atoms with Crippen LogP contribution in [-0.2, 0) is 0 Å². The van der Waals surface area contributed by atoms with Crippen LogP contribution in [-0.4, -0.2) is 50.2 Å². The van der Waals surface area contributed by atoms with Crippen LogP contribution in [0.5, 0.6) is 0 Å². The molecule has 1 atom stereocenters. The van der Waals surface area contributed by atoms with Gasteiger partial charge in [0.25, 0.3) is 0 Å². The highest BCUT2D eigenvalue weighted by atomic mass is 35.5. The molecule has 2 rings (SSSR count). The molecule has 1 heterocycles. The third kappa shape index (κ3) is 5.17. The van der Waals surface area contributed by atoms with Crippen molar-refractivity contribution in [2.75, 3.05) is 44.2 Å². The second-order valence-electron chi connectivity index (χ2n) is 6.41. The van der Waals surface area contributed by atoms with Gasteiger partial charge in [-0.1, -0.05) is 44.5 Å². The summed E-state index contributed by atoms with van der Waals surface area (Å²) >= 11 is 6.29. The summed E-state index contributed by atoms with van der Waals surface area (Å²) in [5.74, 6) is 0.694. The molecule has 0 aliphatic carbocycles. The van der Waals surface area contributed by atoms with Gasteiger partial charge < -0.3 is 10.2 Å². The molecule has 0 aromatic heterocycles. The summed E-state index contributed by atoms with van der Waals surface area (Å²) < 4.78 is 0. The van der Waals surface area contributed by atoms with Crippen molar-refractivity contribution >= 4 is 17.3 Å². The SMILES string of the molecule is CC(CNC(C)C)CN1CCN(c2ccccc2Cl)CC1. The van der Waals surface area contributed by atoms with Crippen LogP contribution in [0.4, 0.5) is 5.69 Å². The second kappa shape index (κ2) is 8.02. The first-order valence-corrected chi connectivity index (χ1v) is 8.39. The maximum absolute atomic E-state index is 6.29. The van der Waals surface area contributed by atoms with Crippen molar-refractivity contribution in [3.05, 3.63) is 29.3 Å². The van der Waals surface area contributed by atoms with E-state index >= 15 is 0 Å². The predicted molar refractivity (Wildman–Crippen MR) is 92.4 cm³/mol. The van der Waals surface area contributed by atoms with Crippen molar-refractivity contribution in [3.63, 3.8) is 0 Å². The Balaban J connectivity index is 1.77. The number of nitrogens with one attached hydrogen (secondary N) is 1. The molecule has 118 valence electrons. The van der Waals surface area contributed by atoms with Crippen LogP contribution in [0.3, 0.4) is 0 Å². The predicted octanol–water partition coefficient (Wildman–Crippen LogP) is 3.10. The van der Waals surface area contributed by atoms with Gasteiger partial charge in [-0.3, -0.25) is 4.90 Å². The number of nitrogens with zero attached hydrogens (tertiary/aromatic N) is 2. The van der Waals surface area contributed by atoms with E-state index in [9.17, 15) is 0 Å². The van der Waals surface area contributed by atoms with Gasteiger partial charge in [-0.05, 0) is 24.6 Å². The van der Waals surface area contributed by atoms with E-state index in [1.54, 1.807) is 0 Å². The molecule has 1 N–H and O–H groups in total. The number of halogens is 1. The van der Waals surface area contributed by atoms with Crippen LogP contribution >= 0.6 is 11.6 Å². The largest absolute Gasteiger partial charge is 0.368 e. The van der Waals surface area contributed by atoms with Crippen molar-refractivity contribution in [3.8, 4) is 0 Å². The fraction of sp³-hybridized carbons (Fsp3) is 0.647. The molecule has 0 radical (unpaired) electrons. The lowest BCUT2D eigenvalue weighted by Gasteiger charge is -2.37. The third-order valence-corrected chi connectivity index (χ3v) is 4.33. The molecule has 1 unspecified atom stereocenters. The number of piperazine rings is 1. The lowest BCUT2D eigenvalue weighted by atomic mass is 10.1. The normalized spacial score (nSPS) is 18.2. The number of para-hydroxylation sites is 1. The van der Waals surface area contributed by atoms with E-state index in [0.717, 1.165) is 37.7 Å². The Morgan fingerprint density at radius 1 is 1.10 bits per heavy atom. The van der Waals surface area contributed by atoms with Crippen molar-refractivity contribution in [1.29, 1.82) is 0 Å². The molecule has 21 heavy (non-hydrogen) atoms. The van der Waals surface area contributed by atoms with Crippen LogP contribution in [0, 0.1) is 5.92 Å². The van der Waals surface area contributed by atoms with E-state index in [0.29, 0.717) is 12.0 Å². The summed E-state index contributed by atoms with van der Waals surface area (Å²) in [5.41, 5.74) is 1.17. The van der Waals surface area contributed by atoms with Crippen molar-refractivity contribution in [1.82, 2.24) is 10.2 Å². The first kappa shape index (κ1) is 16.6. The standard InChI is InChI=1S/C17H28ClN3/c1-14(2)19-12-15(3)13-20-8-10-21(11-9-20)17-7-5-4-6-16(17)18/h4-7,14-15,19H,8-13H2,1-3H3. The molecule has 1 aromatic rings. The highest BCUT2D eigenvalue weighted by Gasteiger charge is 2.19. The number of anilines is 1. The average molecular weight is 310 g/mol. The van der Waals surface area contributed by atoms with Gasteiger partial charge in [0.05, 0.1) is 10.7 Å². The van der Waals surface area contributed by atoms with Gasteiger partial charge in [0.2, 0.25) is 0 Å². The lowest BCUT2D eigenvalue weighted by Crippen LogP contribution is -2.48. The van der Waals surface area contributed by atoms with Crippen LogP contribution in [0.2, 0.25) is 5.02 Å². The molecular formula is C17H28ClN3. The Hall–Kier alpha value is -0.770. The molecule has 0 amide bonds. The minimum Gasteiger partial charge on any atom is -0.368 e. The molecular weight excluding hydrogens is 282 g/mol. The Labute approximate surface area is 134 Å². The Morgan fingerprint density at radius 3 is 2.38 bits per heavy atom. The maximum atomic E-state index is 6.29. The third-order valence-electron chi connectivity index (χ3n) is 4.01. The zero-order valence-corrected chi connectivity index (χ0v) is 14.2. The van der Waals surface area contributed by atoms with E-state index in [-0.39, 0.29) is 0 Å². The zero-order valence-electron chi connectivity index (χ0n) is 13.5. The summed E-state index contributed by atoms with van der Waals surface area (Å²) in [7, 11) is 0. The number of hydrogen-bond donors (Lipinski definition) is 1. The van der Waals surface area contributed by atoms with Gasteiger partial charge in [0, 0.05) is 38.8 Å². The monoisotopic (exact) mass is 309 g/mol. The van der Waals surface area contributed by atoms with Crippen molar-refractivity contribution < 1.29 is 0 Å². The highest BCUT2D eigenvalue weighted by Crippen LogP contribution is 2.26. The van der Waals surface area contributed by atoms with Gasteiger partial charge in [-0.15, -0.1) is 0 Å². The molecule has 1 aliphatic rings. The smallest absolute Gasteiger partial charge is 0.0639 e. The minimum absolute atomic E-state index is 0.574. The van der Waals surface area contributed by atoms with Gasteiger partial charge in [-0.25, -0.2) is 0 Å². The lowest BCUT2D eigenvalue weighted by molar-refractivity contribution is 0.221. The quantitative estimate of drug-likeness (QED) is 0.871. The van der Waals surface area contributed by atoms with Gasteiger partial charge in [-0.2, -0.15) is 0 Å². The number of hydrogen-bond acceptors (Lipinski definition) is 3. The van der Waals surface area contributed by atoms with E-state index in [4.69, 9.17) is 11.6 Å². The zero-order chi connectivity index (χ0) is 15.2. The van der Waals surface area contributed by atoms with E-state index < -0.39 is 0 Å². The van der Waals surface area contributed by atoms with Crippen LogP contribution in [0.1, 0.15) is 20.8 Å². The fourth-order valence-electron chi connectivity index (χ4n) is 2.82. The fourth-order valence-corrected chi connectivity index (χ4v) is 3.08. The Morgan fingerprint density at radius 2 is 1.76 bits per heavy atom. The summed E-state index contributed by atoms with van der Waals surface area (Å²) in [6.07, 6.45) is 0. The average Bonchev–Trinajstić information content (AvgIpc) is 2.47. The Bertz CT molecular complexity index is 428. The summed E-state index contributed by atoms with van der Waals surface area (Å²) in [6.45, 7) is 13.4. The molecule has 0 saturated carbocycles. The highest BCUT2D eigenvalue weighted by molar-refractivity contribution is 6.33. The first-order valence-electron chi connectivity index (χ1n) is 8.01. The summed E-state index contributed by atoms with van der Waals surface area (Å²) in [4.78, 5) is 4.97. The van der Waals surface area contributed by atoms with Gasteiger partial charge >= 0.3 is 0 Å². The van der Waals surface area contributed by atoms with Crippen molar-refractivity contribution in [2.45, 2.75) is 26.8 Å². The molecule has 0 spiro atoms. The second-order valence-corrected chi connectivity index (χ2v) is 6.81. The van der Waals surface area contributed by atoms with Crippen LogP contribution in [0.15, 0.2) is 24.3 Å². The van der Waals surface area contributed by atoms with Gasteiger partial charge in [0.15, 0.2) is 0 Å². The number of benzene rings is 1. The van der Waals surface area contributed by atoms with E-state index in [1.807, 2.05) is 12.1 Å². The molecule has 1 aromatic carbocycles. The Kier molecular flexibility index (Phi) is 6.34. The number of rotatable bonds is 6. The maximum Gasteiger partial charge on any atom is 0.0639 e. The molecule has 1 fully saturated rings. The molecule has 0 bridgehead atoms. The minimum atomic E-state index is 0.574. The van der Waals surface area contributed by atoms with Crippen molar-refractivity contribution in [2.24, 2.45) is 5.92 Å². The van der Waals surface area contributed by atoms with Crippen LogP contribution < -0.4 is 10.2 Å². The summed E-state index contributed by atoms with van der Waals surface area (Å²) in [5, 5.41) is 4.38. The molecule has 1 aliphatic heterocycles. The molecule has 4 heteroatoms. The topological polar surface area (TPSA) is 18.5 Å². The summed E-state index contributed by atoms with van der Waals surface area (Å²) in [6, 6.07) is 8.72. The van der Waals surface area contributed by atoms with Gasteiger partial charge in [0.1, 0.15) is 0 Å². The van der Waals surface area contributed by atoms with Crippen LogP contribution in [0.25, 0.3) is 0 Å². The van der Waals surface area contributed by atoms with E-state index in [1.165, 1.54) is 12.2 Å². The molecule has 1 saturated heterocycles. The first-order chi connectivity index (χ1) is 10.1. The van der Waals surface area contributed by atoms with E-state index in [2.05, 4.69) is 48.0 Å².